The van der Waals surface area contributed by atoms with Gasteiger partial charge in [-0.2, -0.15) is 0 Å². The van der Waals surface area contributed by atoms with Crippen LogP contribution in [0.1, 0.15) is 5.56 Å². The molecule has 0 spiro atoms. The number of hydrogen-bond acceptors (Lipinski definition) is 4. The molecular formula is C12H10BF2NO3. The second-order valence-electron chi connectivity index (χ2n) is 3.86. The Hall–Kier alpha value is -1.99. The van der Waals surface area contributed by atoms with Gasteiger partial charge >= 0.3 is 7.12 Å². The zero-order valence-electron chi connectivity index (χ0n) is 9.75. The summed E-state index contributed by atoms with van der Waals surface area (Å²) in [5.74, 6) is -1.10. The van der Waals surface area contributed by atoms with Crippen molar-refractivity contribution in [2.75, 3.05) is 0 Å². The molecule has 1 aromatic carbocycles. The highest BCUT2D eigenvalue weighted by Gasteiger charge is 2.17. The van der Waals surface area contributed by atoms with Crippen LogP contribution in [-0.2, 0) is 6.61 Å². The van der Waals surface area contributed by atoms with E-state index in [0.717, 1.165) is 18.3 Å². The van der Waals surface area contributed by atoms with E-state index in [2.05, 4.69) is 4.98 Å². The van der Waals surface area contributed by atoms with Crippen LogP contribution < -0.4 is 10.2 Å². The van der Waals surface area contributed by atoms with E-state index in [1.54, 1.807) is 0 Å². The largest absolute Gasteiger partial charge is 0.492 e. The molecule has 7 heteroatoms. The van der Waals surface area contributed by atoms with Gasteiger partial charge in [-0.25, -0.2) is 8.78 Å². The molecule has 0 atom stereocenters. The van der Waals surface area contributed by atoms with Gasteiger partial charge in [0.25, 0.3) is 0 Å². The summed E-state index contributed by atoms with van der Waals surface area (Å²) < 4.78 is 31.2. The lowest BCUT2D eigenvalue weighted by molar-refractivity contribution is 0.304. The van der Waals surface area contributed by atoms with E-state index >= 15 is 0 Å². The number of rotatable bonds is 4. The van der Waals surface area contributed by atoms with Crippen molar-refractivity contribution in [1.82, 2.24) is 4.98 Å². The van der Waals surface area contributed by atoms with Gasteiger partial charge in [0.05, 0.1) is 6.20 Å². The summed E-state index contributed by atoms with van der Waals surface area (Å²) in [6, 6.07) is 4.55. The van der Waals surface area contributed by atoms with E-state index in [1.807, 2.05) is 0 Å². The lowest BCUT2D eigenvalue weighted by atomic mass is 9.79. The third kappa shape index (κ3) is 3.49. The molecule has 2 N–H and O–H groups in total. The number of halogens is 2. The predicted molar refractivity (Wildman–Crippen MR) is 64.8 cm³/mol. The third-order valence-corrected chi connectivity index (χ3v) is 2.41. The highest BCUT2D eigenvalue weighted by Crippen LogP contribution is 2.13. The molecule has 98 valence electrons. The number of aromatic nitrogens is 1. The Morgan fingerprint density at radius 2 is 1.89 bits per heavy atom. The van der Waals surface area contributed by atoms with E-state index in [9.17, 15) is 8.78 Å². The van der Waals surface area contributed by atoms with Crippen molar-refractivity contribution < 1.29 is 23.6 Å². The molecule has 4 nitrogen and oxygen atoms in total. The van der Waals surface area contributed by atoms with Gasteiger partial charge in [-0.05, 0) is 12.1 Å². The van der Waals surface area contributed by atoms with Crippen molar-refractivity contribution in [3.05, 3.63) is 53.9 Å². The maximum atomic E-state index is 13.1. The minimum absolute atomic E-state index is 0.0146. The minimum Gasteiger partial charge on any atom is -0.489 e. The molecule has 0 amide bonds. The third-order valence-electron chi connectivity index (χ3n) is 2.41. The van der Waals surface area contributed by atoms with Crippen molar-refractivity contribution >= 4 is 12.6 Å². The van der Waals surface area contributed by atoms with E-state index < -0.39 is 18.8 Å². The molecule has 0 radical (unpaired) electrons. The van der Waals surface area contributed by atoms with E-state index in [0.29, 0.717) is 5.56 Å². The number of ether oxygens (including phenoxy) is 1. The summed E-state index contributed by atoms with van der Waals surface area (Å²) in [6.45, 7) is -0.0616. The van der Waals surface area contributed by atoms with Crippen molar-refractivity contribution in [3.8, 4) is 5.75 Å². The van der Waals surface area contributed by atoms with Gasteiger partial charge in [-0.3, -0.25) is 4.98 Å². The molecular weight excluding hydrogens is 255 g/mol. The first kappa shape index (κ1) is 13.4. The molecule has 2 aromatic rings. The highest BCUT2D eigenvalue weighted by molar-refractivity contribution is 6.59. The van der Waals surface area contributed by atoms with Crippen LogP contribution >= 0.6 is 0 Å². The second kappa shape index (κ2) is 5.77. The average Bonchev–Trinajstić information content (AvgIpc) is 2.36. The zero-order chi connectivity index (χ0) is 13.8. The van der Waals surface area contributed by atoms with Crippen LogP contribution in [0.5, 0.6) is 5.75 Å². The summed E-state index contributed by atoms with van der Waals surface area (Å²) in [5.41, 5.74) is 0.480. The molecule has 0 saturated carbocycles. The molecule has 1 heterocycles. The smallest absolute Gasteiger partial charge is 0.489 e. The molecule has 0 fully saturated rings. The fourth-order valence-electron chi connectivity index (χ4n) is 1.54. The van der Waals surface area contributed by atoms with Crippen molar-refractivity contribution in [2.45, 2.75) is 6.61 Å². The first-order chi connectivity index (χ1) is 9.06. The number of benzene rings is 1. The normalized spacial score (nSPS) is 10.3. The van der Waals surface area contributed by atoms with Gasteiger partial charge in [-0.1, -0.05) is 6.07 Å². The molecule has 0 aliphatic rings. The van der Waals surface area contributed by atoms with E-state index in [1.165, 1.54) is 18.3 Å². The lowest BCUT2D eigenvalue weighted by Crippen LogP contribution is -2.31. The molecule has 0 unspecified atom stereocenters. The topological polar surface area (TPSA) is 62.6 Å². The van der Waals surface area contributed by atoms with Crippen LogP contribution in [0.3, 0.4) is 0 Å². The summed E-state index contributed by atoms with van der Waals surface area (Å²) in [6.07, 6.45) is 2.45. The molecule has 0 bridgehead atoms. The van der Waals surface area contributed by atoms with Gasteiger partial charge in [-0.15, -0.1) is 0 Å². The molecule has 19 heavy (non-hydrogen) atoms. The Labute approximate surface area is 108 Å². The van der Waals surface area contributed by atoms with Crippen LogP contribution in [0.15, 0.2) is 36.7 Å². The number of pyridine rings is 1. The Morgan fingerprint density at radius 3 is 2.58 bits per heavy atom. The van der Waals surface area contributed by atoms with Crippen molar-refractivity contribution in [3.63, 3.8) is 0 Å². The molecule has 1 aromatic heterocycles. The lowest BCUT2D eigenvalue weighted by Gasteiger charge is -2.11. The molecule has 2 rings (SSSR count). The van der Waals surface area contributed by atoms with Crippen LogP contribution in [-0.4, -0.2) is 22.2 Å². The maximum absolute atomic E-state index is 13.1. The second-order valence-corrected chi connectivity index (χ2v) is 3.86. The number of nitrogens with zero attached hydrogens (tertiary/aromatic N) is 1. The van der Waals surface area contributed by atoms with Crippen LogP contribution in [0.2, 0.25) is 0 Å². The van der Waals surface area contributed by atoms with E-state index in [-0.39, 0.29) is 17.8 Å². The summed E-state index contributed by atoms with van der Waals surface area (Å²) in [4.78, 5) is 3.64. The molecule has 0 aliphatic heterocycles. The first-order valence-corrected chi connectivity index (χ1v) is 5.44. The van der Waals surface area contributed by atoms with Crippen molar-refractivity contribution in [2.24, 2.45) is 0 Å². The van der Waals surface area contributed by atoms with Gasteiger partial charge in [0.2, 0.25) is 0 Å². The van der Waals surface area contributed by atoms with E-state index in [4.69, 9.17) is 14.8 Å². The van der Waals surface area contributed by atoms with Gasteiger partial charge in [0.15, 0.2) is 0 Å². The van der Waals surface area contributed by atoms with Gasteiger partial charge in [0, 0.05) is 23.3 Å². The fraction of sp³-hybridized carbons (Fsp3) is 0.0833. The van der Waals surface area contributed by atoms with Crippen molar-refractivity contribution in [1.29, 1.82) is 0 Å². The summed E-state index contributed by atoms with van der Waals surface area (Å²) in [5, 5.41) is 18.2. The quantitative estimate of drug-likeness (QED) is 0.795. The highest BCUT2D eigenvalue weighted by atomic mass is 19.1. The minimum atomic E-state index is -1.78. The Kier molecular flexibility index (Phi) is 4.08. The maximum Gasteiger partial charge on any atom is 0.492 e. The predicted octanol–water partition coefficient (Wildman–Crippen LogP) is 0.619. The summed E-state index contributed by atoms with van der Waals surface area (Å²) >= 11 is 0. The summed E-state index contributed by atoms with van der Waals surface area (Å²) in [7, 11) is -1.78. The monoisotopic (exact) mass is 265 g/mol. The molecule has 0 aliphatic carbocycles. The Morgan fingerprint density at radius 1 is 1.11 bits per heavy atom. The SMILES string of the molecule is OB(O)c1ccc(F)cc1OCc1cncc(F)c1. The Balaban J connectivity index is 2.17. The zero-order valence-corrected chi connectivity index (χ0v) is 9.75. The van der Waals surface area contributed by atoms with Gasteiger partial charge in [0.1, 0.15) is 24.0 Å². The first-order valence-electron chi connectivity index (χ1n) is 5.44. The fourth-order valence-corrected chi connectivity index (χ4v) is 1.54. The number of hydrogen-bond donors (Lipinski definition) is 2. The average molecular weight is 265 g/mol. The van der Waals surface area contributed by atoms with Crippen LogP contribution in [0.25, 0.3) is 0 Å². The molecule has 0 saturated heterocycles. The Bertz CT molecular complexity index is 581. The van der Waals surface area contributed by atoms with Gasteiger partial charge < -0.3 is 14.8 Å². The van der Waals surface area contributed by atoms with Crippen LogP contribution in [0.4, 0.5) is 8.78 Å². The van der Waals surface area contributed by atoms with Crippen LogP contribution in [0, 0.1) is 11.6 Å². The standard InChI is InChI=1S/C12H10BF2NO3/c14-9-1-2-11(13(17)18)12(4-9)19-7-8-3-10(15)6-16-5-8/h1-6,17-18H,7H2.